The molecule has 0 aliphatic rings. The molecule has 0 saturated heterocycles. The van der Waals surface area contributed by atoms with Gasteiger partial charge < -0.3 is 15.4 Å². The number of amides is 1. The third-order valence-corrected chi connectivity index (χ3v) is 3.67. The maximum absolute atomic E-state index is 11.7. The summed E-state index contributed by atoms with van der Waals surface area (Å²) in [6.45, 7) is 0.566. The number of halogens is 2. The van der Waals surface area contributed by atoms with E-state index >= 15 is 0 Å². The third kappa shape index (κ3) is 8.43. The lowest BCUT2D eigenvalue weighted by molar-refractivity contribution is -0.116. The topological polar surface area (TPSA) is 84.5 Å². The average molecular weight is 371 g/mol. The number of sulfone groups is 1. The number of nitrogens with one attached hydrogen (secondary N) is 2. The quantitative estimate of drug-likeness (QED) is 0.727. The number of hydrogen-bond donors (Lipinski definition) is 2. The minimum Gasteiger partial charge on any atom is -0.490 e. The van der Waals surface area contributed by atoms with Crippen LogP contribution in [0, 0.1) is 0 Å². The Labute approximate surface area is 141 Å². The van der Waals surface area contributed by atoms with Gasteiger partial charge in [-0.3, -0.25) is 4.79 Å². The van der Waals surface area contributed by atoms with Crippen LogP contribution >= 0.6 is 24.0 Å². The number of anilines is 1. The Morgan fingerprint density at radius 3 is 2.64 bits per heavy atom. The van der Waals surface area contributed by atoms with Gasteiger partial charge in [-0.1, -0.05) is 11.6 Å². The van der Waals surface area contributed by atoms with Crippen molar-refractivity contribution in [3.05, 3.63) is 23.2 Å². The Bertz CT molecular complexity index is 594. The molecular formula is C13H20Cl2N2O4S. The van der Waals surface area contributed by atoms with Gasteiger partial charge in [0.25, 0.3) is 0 Å². The molecule has 0 aliphatic carbocycles. The molecule has 1 amide bonds. The molecule has 0 aliphatic heterocycles. The van der Waals surface area contributed by atoms with Crippen molar-refractivity contribution in [3.63, 3.8) is 0 Å². The second kappa shape index (κ2) is 9.89. The summed E-state index contributed by atoms with van der Waals surface area (Å²) in [6.07, 6.45) is 1.45. The van der Waals surface area contributed by atoms with Crippen LogP contribution in [0.4, 0.5) is 5.69 Å². The highest BCUT2D eigenvalue weighted by molar-refractivity contribution is 7.90. The molecule has 126 valence electrons. The second-order valence-electron chi connectivity index (χ2n) is 4.52. The lowest BCUT2D eigenvalue weighted by Crippen LogP contribution is -2.19. The number of rotatable bonds is 8. The Morgan fingerprint density at radius 2 is 2.05 bits per heavy atom. The molecule has 0 radical (unpaired) electrons. The molecule has 1 aromatic carbocycles. The van der Waals surface area contributed by atoms with Crippen LogP contribution in [0.2, 0.25) is 5.02 Å². The van der Waals surface area contributed by atoms with Crippen LogP contribution < -0.4 is 15.4 Å². The summed E-state index contributed by atoms with van der Waals surface area (Å²) >= 11 is 5.90. The van der Waals surface area contributed by atoms with Gasteiger partial charge in [0.05, 0.1) is 11.4 Å². The Kier molecular flexibility index (Phi) is 9.43. The van der Waals surface area contributed by atoms with Crippen molar-refractivity contribution in [3.8, 4) is 5.75 Å². The molecule has 0 saturated carbocycles. The first-order valence-electron chi connectivity index (χ1n) is 6.36. The summed E-state index contributed by atoms with van der Waals surface area (Å²) < 4.78 is 27.6. The van der Waals surface area contributed by atoms with Crippen LogP contribution in [0.15, 0.2) is 18.2 Å². The second-order valence-corrected chi connectivity index (χ2v) is 7.22. The number of benzene rings is 1. The van der Waals surface area contributed by atoms with E-state index in [-0.39, 0.29) is 30.7 Å². The van der Waals surface area contributed by atoms with E-state index < -0.39 is 9.84 Å². The van der Waals surface area contributed by atoms with Crippen LogP contribution in [0.3, 0.4) is 0 Å². The van der Waals surface area contributed by atoms with E-state index in [0.29, 0.717) is 29.4 Å². The van der Waals surface area contributed by atoms with E-state index in [1.54, 1.807) is 25.2 Å². The van der Waals surface area contributed by atoms with Crippen molar-refractivity contribution in [2.75, 3.05) is 37.5 Å². The molecule has 22 heavy (non-hydrogen) atoms. The summed E-state index contributed by atoms with van der Waals surface area (Å²) in [5, 5.41) is 6.03. The van der Waals surface area contributed by atoms with Gasteiger partial charge in [-0.25, -0.2) is 8.42 Å². The normalized spacial score (nSPS) is 10.7. The highest BCUT2D eigenvalue weighted by Gasteiger charge is 2.10. The van der Waals surface area contributed by atoms with Crippen molar-refractivity contribution >= 4 is 45.4 Å². The van der Waals surface area contributed by atoms with Gasteiger partial charge >= 0.3 is 0 Å². The maximum atomic E-state index is 11.7. The fourth-order valence-corrected chi connectivity index (χ4v) is 2.04. The van der Waals surface area contributed by atoms with Gasteiger partial charge in [-0.05, 0) is 25.2 Å². The van der Waals surface area contributed by atoms with E-state index in [9.17, 15) is 13.2 Å². The minimum atomic E-state index is -3.10. The van der Waals surface area contributed by atoms with E-state index in [0.717, 1.165) is 6.26 Å². The molecule has 0 heterocycles. The molecule has 9 heteroatoms. The first-order valence-corrected chi connectivity index (χ1v) is 8.80. The maximum Gasteiger partial charge on any atom is 0.225 e. The molecule has 0 atom stereocenters. The molecule has 1 rings (SSSR count). The molecular weight excluding hydrogens is 351 g/mol. The monoisotopic (exact) mass is 370 g/mol. The molecule has 0 bridgehead atoms. The van der Waals surface area contributed by atoms with Crippen LogP contribution in [-0.2, 0) is 14.6 Å². The Morgan fingerprint density at radius 1 is 1.36 bits per heavy atom. The predicted octanol–water partition coefficient (Wildman–Crippen LogP) is 1.73. The fourth-order valence-electron chi connectivity index (χ4n) is 1.48. The van der Waals surface area contributed by atoms with Crippen molar-refractivity contribution < 1.29 is 17.9 Å². The van der Waals surface area contributed by atoms with E-state index in [4.69, 9.17) is 16.3 Å². The number of carbonyl (C=O) groups is 1. The SMILES string of the molecule is CNCCC(=O)Nc1cc(Cl)ccc1OCCS(C)(=O)=O.Cl. The van der Waals surface area contributed by atoms with Crippen LogP contribution in [0.1, 0.15) is 6.42 Å². The van der Waals surface area contributed by atoms with Crippen molar-refractivity contribution in [1.82, 2.24) is 5.32 Å². The van der Waals surface area contributed by atoms with Gasteiger partial charge in [0.2, 0.25) is 5.91 Å². The largest absolute Gasteiger partial charge is 0.490 e. The molecule has 2 N–H and O–H groups in total. The lowest BCUT2D eigenvalue weighted by atomic mass is 10.2. The first kappa shape index (κ1) is 21.0. The fraction of sp³-hybridized carbons (Fsp3) is 0.462. The molecule has 0 unspecified atom stereocenters. The van der Waals surface area contributed by atoms with Gasteiger partial charge in [-0.2, -0.15) is 0 Å². The molecule has 6 nitrogen and oxygen atoms in total. The van der Waals surface area contributed by atoms with Crippen LogP contribution in [0.25, 0.3) is 0 Å². The summed E-state index contributed by atoms with van der Waals surface area (Å²) in [7, 11) is -1.34. The van der Waals surface area contributed by atoms with Crippen LogP contribution in [-0.4, -0.2) is 46.5 Å². The zero-order valence-electron chi connectivity index (χ0n) is 12.4. The highest BCUT2D eigenvalue weighted by atomic mass is 35.5. The number of ether oxygens (including phenoxy) is 1. The van der Waals surface area contributed by atoms with Crippen molar-refractivity contribution in [1.29, 1.82) is 0 Å². The number of carbonyl (C=O) groups excluding carboxylic acids is 1. The van der Waals surface area contributed by atoms with E-state index in [1.165, 1.54) is 0 Å². The summed E-state index contributed by atoms with van der Waals surface area (Å²) in [5.41, 5.74) is 0.428. The smallest absolute Gasteiger partial charge is 0.225 e. The molecule has 0 aromatic heterocycles. The molecule has 0 fully saturated rings. The number of hydrogen-bond acceptors (Lipinski definition) is 5. The third-order valence-electron chi connectivity index (χ3n) is 2.53. The van der Waals surface area contributed by atoms with E-state index in [2.05, 4.69) is 10.6 Å². The van der Waals surface area contributed by atoms with Gasteiger partial charge in [0.15, 0.2) is 9.84 Å². The van der Waals surface area contributed by atoms with Crippen molar-refractivity contribution in [2.45, 2.75) is 6.42 Å². The Hall–Kier alpha value is -1.02. The summed E-state index contributed by atoms with van der Waals surface area (Å²) in [4.78, 5) is 11.7. The zero-order chi connectivity index (χ0) is 15.9. The zero-order valence-corrected chi connectivity index (χ0v) is 14.8. The molecule has 0 spiro atoms. The minimum absolute atomic E-state index is 0. The van der Waals surface area contributed by atoms with Gasteiger partial charge in [0, 0.05) is 24.2 Å². The van der Waals surface area contributed by atoms with Gasteiger partial charge in [-0.15, -0.1) is 12.4 Å². The van der Waals surface area contributed by atoms with Crippen LogP contribution in [0.5, 0.6) is 5.75 Å². The highest BCUT2D eigenvalue weighted by Crippen LogP contribution is 2.28. The first-order chi connectivity index (χ1) is 9.81. The summed E-state index contributed by atoms with van der Waals surface area (Å²) in [6, 6.07) is 4.77. The predicted molar refractivity (Wildman–Crippen MR) is 91.1 cm³/mol. The van der Waals surface area contributed by atoms with Crippen molar-refractivity contribution in [2.24, 2.45) is 0 Å². The Balaban J connectivity index is 0.00000441. The molecule has 1 aromatic rings. The standard InChI is InChI=1S/C13H19ClN2O4S.ClH/c1-15-6-5-13(17)16-11-9-10(14)3-4-12(11)20-7-8-21(2,18)19;/h3-4,9,15H,5-8H2,1-2H3,(H,16,17);1H. The summed E-state index contributed by atoms with van der Waals surface area (Å²) in [5.74, 6) is 0.114. The average Bonchev–Trinajstić information content (AvgIpc) is 2.37. The lowest BCUT2D eigenvalue weighted by Gasteiger charge is -2.12. The van der Waals surface area contributed by atoms with Gasteiger partial charge in [0.1, 0.15) is 12.4 Å². The van der Waals surface area contributed by atoms with E-state index in [1.807, 2.05) is 0 Å².